The highest BCUT2D eigenvalue weighted by Crippen LogP contribution is 2.50. The molecule has 2 heterocycles. The van der Waals surface area contributed by atoms with Crippen LogP contribution in [0.4, 0.5) is 5.69 Å². The van der Waals surface area contributed by atoms with Gasteiger partial charge < -0.3 is 9.80 Å². The summed E-state index contributed by atoms with van der Waals surface area (Å²) < 4.78 is 0. The van der Waals surface area contributed by atoms with Crippen molar-refractivity contribution in [2.24, 2.45) is 11.8 Å². The lowest BCUT2D eigenvalue weighted by molar-refractivity contribution is 0.0284. The van der Waals surface area contributed by atoms with Crippen LogP contribution in [0, 0.1) is 11.8 Å². The molecule has 0 spiro atoms. The minimum Gasteiger partial charge on any atom is -0.369 e. The molecule has 2 bridgehead atoms. The number of benzene rings is 1. The van der Waals surface area contributed by atoms with E-state index in [1.807, 2.05) is 0 Å². The molecule has 0 aromatic heterocycles. The Morgan fingerprint density at radius 2 is 1.85 bits per heavy atom. The number of rotatable bonds is 3. The van der Waals surface area contributed by atoms with E-state index in [-0.39, 0.29) is 0 Å². The fourth-order valence-corrected chi connectivity index (χ4v) is 5.82. The summed E-state index contributed by atoms with van der Waals surface area (Å²) in [6.07, 6.45) is 5.54. The van der Waals surface area contributed by atoms with E-state index in [2.05, 4.69) is 53.8 Å². The van der Waals surface area contributed by atoms with Gasteiger partial charge in [0, 0.05) is 44.5 Å². The smallest absolute Gasteiger partial charge is 0.0370 e. The summed E-state index contributed by atoms with van der Waals surface area (Å²) in [6.45, 7) is 12.5. The van der Waals surface area contributed by atoms with Gasteiger partial charge in [-0.1, -0.05) is 19.9 Å². The molecule has 1 saturated carbocycles. The van der Waals surface area contributed by atoms with Crippen molar-refractivity contribution in [3.63, 3.8) is 0 Å². The van der Waals surface area contributed by atoms with Gasteiger partial charge in [-0.15, -0.1) is 0 Å². The minimum absolute atomic E-state index is 0.362. The predicted octanol–water partition coefficient (Wildman–Crippen LogP) is 3.37. The molecule has 4 aliphatic rings. The summed E-state index contributed by atoms with van der Waals surface area (Å²) in [5, 5.41) is 0. The molecule has 3 nitrogen and oxygen atoms in total. The van der Waals surface area contributed by atoms with E-state index in [0.29, 0.717) is 5.41 Å². The molecule has 142 valence electrons. The second-order valence-electron chi connectivity index (χ2n) is 9.80. The maximum Gasteiger partial charge on any atom is 0.0370 e. The van der Waals surface area contributed by atoms with Gasteiger partial charge in [-0.25, -0.2) is 0 Å². The molecule has 1 aromatic carbocycles. The third-order valence-corrected chi connectivity index (χ3v) is 8.17. The molecule has 2 aliphatic carbocycles. The Kier molecular flexibility index (Phi) is 4.09. The standard InChI is InChI=1S/C23H35N3/c1-17-22-14-19-6-7-20(25-12-10-24(3)11-13-25)15-21(19)23(17,2)8-9-26(22)16-18-4-5-18/h6-7,15,17-18,22H,4-5,8-14,16H2,1-3H3/t17-,22?,23-/m0/s1. The maximum atomic E-state index is 2.85. The second-order valence-corrected chi connectivity index (χ2v) is 9.80. The molecular formula is C23H35N3. The van der Waals surface area contributed by atoms with Gasteiger partial charge in [-0.05, 0) is 79.8 Å². The Bertz CT molecular complexity index is 674. The van der Waals surface area contributed by atoms with Crippen LogP contribution < -0.4 is 4.90 Å². The largest absolute Gasteiger partial charge is 0.369 e. The van der Waals surface area contributed by atoms with Crippen LogP contribution >= 0.6 is 0 Å². The molecule has 0 radical (unpaired) electrons. The molecule has 1 aromatic rings. The molecule has 26 heavy (non-hydrogen) atoms. The van der Waals surface area contributed by atoms with Crippen molar-refractivity contribution in [1.29, 1.82) is 0 Å². The summed E-state index contributed by atoms with van der Waals surface area (Å²) in [4.78, 5) is 7.89. The van der Waals surface area contributed by atoms with Crippen LogP contribution in [0.15, 0.2) is 18.2 Å². The third-order valence-electron chi connectivity index (χ3n) is 8.17. The van der Waals surface area contributed by atoms with E-state index >= 15 is 0 Å². The number of likely N-dealkylation sites (N-methyl/N-ethyl adjacent to an activating group) is 1. The summed E-state index contributed by atoms with van der Waals surface area (Å²) in [7, 11) is 2.24. The Labute approximate surface area is 159 Å². The summed E-state index contributed by atoms with van der Waals surface area (Å²) >= 11 is 0. The van der Waals surface area contributed by atoms with Crippen LogP contribution in [0.3, 0.4) is 0 Å². The van der Waals surface area contributed by atoms with E-state index in [9.17, 15) is 0 Å². The molecule has 2 aliphatic heterocycles. The van der Waals surface area contributed by atoms with E-state index < -0.39 is 0 Å². The molecule has 5 rings (SSSR count). The molecule has 3 heteroatoms. The lowest BCUT2D eigenvalue weighted by Crippen LogP contribution is -2.58. The van der Waals surface area contributed by atoms with Gasteiger partial charge in [0.2, 0.25) is 0 Å². The zero-order chi connectivity index (χ0) is 17.9. The van der Waals surface area contributed by atoms with Crippen LogP contribution in [0.2, 0.25) is 0 Å². The van der Waals surface area contributed by atoms with Gasteiger partial charge in [-0.3, -0.25) is 4.90 Å². The molecule has 1 unspecified atom stereocenters. The topological polar surface area (TPSA) is 9.72 Å². The van der Waals surface area contributed by atoms with E-state index in [4.69, 9.17) is 0 Å². The highest BCUT2D eigenvalue weighted by Gasteiger charge is 2.49. The number of nitrogens with zero attached hydrogens (tertiary/aromatic N) is 3. The Hall–Kier alpha value is -1.06. The summed E-state index contributed by atoms with van der Waals surface area (Å²) in [6, 6.07) is 8.21. The van der Waals surface area contributed by atoms with Crippen LogP contribution in [0.25, 0.3) is 0 Å². The van der Waals surface area contributed by atoms with Crippen LogP contribution in [0.1, 0.15) is 44.2 Å². The lowest BCUT2D eigenvalue weighted by Gasteiger charge is -2.55. The summed E-state index contributed by atoms with van der Waals surface area (Å²) in [5.74, 6) is 1.78. The fourth-order valence-electron chi connectivity index (χ4n) is 5.82. The summed E-state index contributed by atoms with van der Waals surface area (Å²) in [5.41, 5.74) is 5.13. The highest BCUT2D eigenvalue weighted by atomic mass is 15.2. The highest BCUT2D eigenvalue weighted by molar-refractivity contribution is 5.55. The zero-order valence-corrected chi connectivity index (χ0v) is 16.9. The van der Waals surface area contributed by atoms with Crippen molar-refractivity contribution in [3.05, 3.63) is 29.3 Å². The average Bonchev–Trinajstić information content (AvgIpc) is 3.45. The normalized spacial score (nSPS) is 35.4. The molecule has 2 saturated heterocycles. The monoisotopic (exact) mass is 353 g/mol. The van der Waals surface area contributed by atoms with Crippen molar-refractivity contribution >= 4 is 5.69 Å². The number of likely N-dealkylation sites (tertiary alicyclic amines) is 1. The van der Waals surface area contributed by atoms with Gasteiger partial charge in [0.25, 0.3) is 0 Å². The third kappa shape index (κ3) is 2.79. The van der Waals surface area contributed by atoms with Gasteiger partial charge in [0.15, 0.2) is 0 Å². The second kappa shape index (κ2) is 6.24. The maximum absolute atomic E-state index is 2.85. The first-order chi connectivity index (χ1) is 12.5. The Morgan fingerprint density at radius 1 is 1.08 bits per heavy atom. The molecular weight excluding hydrogens is 318 g/mol. The number of fused-ring (bicyclic) bond motifs is 4. The quantitative estimate of drug-likeness (QED) is 0.825. The first-order valence-electron chi connectivity index (χ1n) is 10.9. The van der Waals surface area contributed by atoms with Crippen molar-refractivity contribution in [3.8, 4) is 0 Å². The van der Waals surface area contributed by atoms with Crippen LogP contribution in [-0.2, 0) is 11.8 Å². The first-order valence-corrected chi connectivity index (χ1v) is 10.9. The van der Waals surface area contributed by atoms with Crippen LogP contribution in [0.5, 0.6) is 0 Å². The number of piperidine rings is 1. The number of hydrogen-bond donors (Lipinski definition) is 0. The van der Waals surface area contributed by atoms with Gasteiger partial charge in [0.05, 0.1) is 0 Å². The Balaban J connectivity index is 1.43. The SMILES string of the molecule is C[C@H]1C2Cc3ccc(N4CCN(C)CC4)cc3[C@@]1(C)CCN2CC1CC1. The average molecular weight is 354 g/mol. The molecule has 0 amide bonds. The fraction of sp³-hybridized carbons (Fsp3) is 0.739. The van der Waals surface area contributed by atoms with Crippen molar-refractivity contribution in [2.75, 3.05) is 51.2 Å². The Morgan fingerprint density at radius 3 is 2.58 bits per heavy atom. The predicted molar refractivity (Wildman–Crippen MR) is 109 cm³/mol. The van der Waals surface area contributed by atoms with Gasteiger partial charge in [0.1, 0.15) is 0 Å². The van der Waals surface area contributed by atoms with Gasteiger partial charge >= 0.3 is 0 Å². The van der Waals surface area contributed by atoms with Crippen LogP contribution in [-0.4, -0.2) is 62.2 Å². The number of hydrogen-bond acceptors (Lipinski definition) is 3. The van der Waals surface area contributed by atoms with Gasteiger partial charge in [-0.2, -0.15) is 0 Å². The molecule has 3 atom stereocenters. The number of piperazine rings is 1. The van der Waals surface area contributed by atoms with E-state index in [0.717, 1.165) is 17.9 Å². The molecule has 3 fully saturated rings. The van der Waals surface area contributed by atoms with Crippen molar-refractivity contribution in [1.82, 2.24) is 9.80 Å². The van der Waals surface area contributed by atoms with E-state index in [1.165, 1.54) is 70.6 Å². The van der Waals surface area contributed by atoms with Crippen molar-refractivity contribution in [2.45, 2.75) is 51.0 Å². The minimum atomic E-state index is 0.362. The lowest BCUT2D eigenvalue weighted by atomic mass is 9.59. The zero-order valence-electron chi connectivity index (χ0n) is 16.9. The number of anilines is 1. The first kappa shape index (κ1) is 17.1. The van der Waals surface area contributed by atoms with Crippen molar-refractivity contribution < 1.29 is 0 Å². The van der Waals surface area contributed by atoms with E-state index in [1.54, 1.807) is 11.1 Å². The molecule has 0 N–H and O–H groups in total.